The van der Waals surface area contributed by atoms with E-state index in [1.54, 1.807) is 0 Å². The van der Waals surface area contributed by atoms with Gasteiger partial charge in [-0.05, 0) is 24.5 Å². The van der Waals surface area contributed by atoms with Gasteiger partial charge in [-0.1, -0.05) is 32.0 Å². The Balaban J connectivity index is 1.99. The van der Waals surface area contributed by atoms with Gasteiger partial charge in [0.1, 0.15) is 0 Å². The molecule has 4 nitrogen and oxygen atoms in total. The Morgan fingerprint density at radius 3 is 2.67 bits per heavy atom. The predicted octanol–water partition coefficient (Wildman–Crippen LogP) is 2.63. The Morgan fingerprint density at radius 1 is 1.29 bits per heavy atom. The van der Waals surface area contributed by atoms with Crippen molar-refractivity contribution in [3.05, 3.63) is 36.0 Å². The average molecular weight is 288 g/mol. The summed E-state index contributed by atoms with van der Waals surface area (Å²) in [5.74, 6) is -0.000483. The molecule has 1 aromatic heterocycles. The number of fused-ring (bicyclic) bond motifs is 1. The largest absolute Gasteiger partial charge is 0.396 e. The van der Waals surface area contributed by atoms with E-state index in [1.807, 2.05) is 44.3 Å². The number of nitrogens with one attached hydrogen (secondary N) is 2. The lowest BCUT2D eigenvalue weighted by Gasteiger charge is -2.29. The number of carbonyl (C=O) groups is 1. The second-order valence-electron chi connectivity index (χ2n) is 5.68. The van der Waals surface area contributed by atoms with Gasteiger partial charge in [0.25, 0.3) is 0 Å². The second-order valence-corrected chi connectivity index (χ2v) is 5.68. The molecule has 1 aromatic carbocycles. The number of amides is 1. The molecule has 3 N–H and O–H groups in total. The molecule has 0 saturated heterocycles. The molecule has 1 heterocycles. The summed E-state index contributed by atoms with van der Waals surface area (Å²) in [5, 5.41) is 13.6. The SMILES string of the molecule is CCC(CC)(CO)CNC(=O)Cc1c[nH]c2ccccc12. The van der Waals surface area contributed by atoms with Crippen LogP contribution < -0.4 is 5.32 Å². The van der Waals surface area contributed by atoms with Crippen molar-refractivity contribution in [2.45, 2.75) is 33.1 Å². The molecule has 0 fully saturated rings. The third-order valence-electron chi connectivity index (χ3n) is 4.52. The Labute approximate surface area is 125 Å². The first-order valence-electron chi connectivity index (χ1n) is 7.56. The molecular weight excluding hydrogens is 264 g/mol. The number of aromatic nitrogens is 1. The summed E-state index contributed by atoms with van der Waals surface area (Å²) in [6.45, 7) is 4.72. The number of aliphatic hydroxyl groups is 1. The fraction of sp³-hybridized carbons (Fsp3) is 0.471. The van der Waals surface area contributed by atoms with E-state index in [1.165, 1.54) is 0 Å². The van der Waals surface area contributed by atoms with Crippen molar-refractivity contribution in [1.82, 2.24) is 10.3 Å². The van der Waals surface area contributed by atoms with E-state index < -0.39 is 0 Å². The molecule has 0 aliphatic heterocycles. The van der Waals surface area contributed by atoms with Crippen LogP contribution in [0.2, 0.25) is 0 Å². The smallest absolute Gasteiger partial charge is 0.224 e. The van der Waals surface area contributed by atoms with Crippen LogP contribution in [0.4, 0.5) is 0 Å². The van der Waals surface area contributed by atoms with Gasteiger partial charge in [-0.3, -0.25) is 4.79 Å². The van der Waals surface area contributed by atoms with Gasteiger partial charge < -0.3 is 15.4 Å². The molecule has 0 bridgehead atoms. The van der Waals surface area contributed by atoms with Crippen LogP contribution in [0.15, 0.2) is 30.5 Å². The minimum Gasteiger partial charge on any atom is -0.396 e. The zero-order chi connectivity index (χ0) is 15.3. The molecule has 1 amide bonds. The number of carbonyl (C=O) groups excluding carboxylic acids is 1. The summed E-state index contributed by atoms with van der Waals surface area (Å²) in [5.41, 5.74) is 1.85. The Hall–Kier alpha value is -1.81. The van der Waals surface area contributed by atoms with Gasteiger partial charge in [-0.2, -0.15) is 0 Å². The van der Waals surface area contributed by atoms with Crippen LogP contribution in [0.1, 0.15) is 32.3 Å². The lowest BCUT2D eigenvalue weighted by molar-refractivity contribution is -0.121. The van der Waals surface area contributed by atoms with Crippen LogP contribution in [0.3, 0.4) is 0 Å². The average Bonchev–Trinajstić information content (AvgIpc) is 2.93. The third-order valence-corrected chi connectivity index (χ3v) is 4.52. The van der Waals surface area contributed by atoms with Crippen LogP contribution in [0, 0.1) is 5.41 Å². The van der Waals surface area contributed by atoms with Crippen LogP contribution in [-0.2, 0) is 11.2 Å². The van der Waals surface area contributed by atoms with Crippen molar-refractivity contribution in [3.63, 3.8) is 0 Å². The molecule has 114 valence electrons. The van der Waals surface area contributed by atoms with Crippen LogP contribution in [0.25, 0.3) is 10.9 Å². The number of rotatable bonds is 7. The first-order chi connectivity index (χ1) is 10.1. The number of aliphatic hydroxyl groups excluding tert-OH is 1. The van der Waals surface area contributed by atoms with E-state index in [0.717, 1.165) is 29.3 Å². The quantitative estimate of drug-likeness (QED) is 0.733. The molecule has 0 saturated carbocycles. The van der Waals surface area contributed by atoms with Gasteiger partial charge >= 0.3 is 0 Å². The van der Waals surface area contributed by atoms with Crippen LogP contribution >= 0.6 is 0 Å². The molecule has 2 aromatic rings. The van der Waals surface area contributed by atoms with Gasteiger partial charge in [0.15, 0.2) is 0 Å². The zero-order valence-corrected chi connectivity index (χ0v) is 12.8. The molecule has 0 radical (unpaired) electrons. The number of aromatic amines is 1. The number of benzene rings is 1. The molecular formula is C17H24N2O2. The minimum absolute atomic E-state index is 0.000483. The lowest BCUT2D eigenvalue weighted by Crippen LogP contribution is -2.39. The third kappa shape index (κ3) is 3.45. The number of H-pyrrole nitrogens is 1. The van der Waals surface area contributed by atoms with E-state index in [9.17, 15) is 9.90 Å². The standard InChI is InChI=1S/C17H24N2O2/c1-3-17(4-2,12-20)11-19-16(21)9-13-10-18-15-8-6-5-7-14(13)15/h5-8,10,18,20H,3-4,9,11-12H2,1-2H3,(H,19,21). The van der Waals surface area contributed by atoms with Gasteiger partial charge in [-0.25, -0.2) is 0 Å². The van der Waals surface area contributed by atoms with Gasteiger partial charge in [0.2, 0.25) is 5.91 Å². The van der Waals surface area contributed by atoms with Crippen molar-refractivity contribution in [1.29, 1.82) is 0 Å². The van der Waals surface area contributed by atoms with E-state index in [-0.39, 0.29) is 17.9 Å². The summed E-state index contributed by atoms with van der Waals surface area (Å²) in [4.78, 5) is 15.3. The maximum absolute atomic E-state index is 12.1. The molecule has 0 aliphatic rings. The highest BCUT2D eigenvalue weighted by molar-refractivity contribution is 5.88. The molecule has 0 atom stereocenters. The van der Waals surface area contributed by atoms with Crippen LogP contribution in [-0.4, -0.2) is 29.1 Å². The normalized spacial score (nSPS) is 11.8. The van der Waals surface area contributed by atoms with E-state index in [0.29, 0.717) is 13.0 Å². The Morgan fingerprint density at radius 2 is 2.00 bits per heavy atom. The summed E-state index contributed by atoms with van der Waals surface area (Å²) in [6, 6.07) is 7.97. The molecule has 0 unspecified atom stereocenters. The summed E-state index contributed by atoms with van der Waals surface area (Å²) in [7, 11) is 0. The number of para-hydroxylation sites is 1. The van der Waals surface area contributed by atoms with Gasteiger partial charge in [0, 0.05) is 29.1 Å². The monoisotopic (exact) mass is 288 g/mol. The number of hydrogen-bond donors (Lipinski definition) is 3. The minimum atomic E-state index is -0.199. The van der Waals surface area contributed by atoms with Crippen molar-refractivity contribution in [2.75, 3.05) is 13.2 Å². The summed E-state index contributed by atoms with van der Waals surface area (Å²) < 4.78 is 0. The lowest BCUT2D eigenvalue weighted by atomic mass is 9.83. The highest BCUT2D eigenvalue weighted by atomic mass is 16.3. The van der Waals surface area contributed by atoms with Crippen molar-refractivity contribution < 1.29 is 9.90 Å². The van der Waals surface area contributed by atoms with E-state index in [4.69, 9.17) is 0 Å². The zero-order valence-electron chi connectivity index (χ0n) is 12.8. The molecule has 4 heteroatoms. The predicted molar refractivity (Wildman–Crippen MR) is 85.1 cm³/mol. The van der Waals surface area contributed by atoms with Gasteiger partial charge in [-0.15, -0.1) is 0 Å². The molecule has 21 heavy (non-hydrogen) atoms. The van der Waals surface area contributed by atoms with Crippen molar-refractivity contribution in [2.24, 2.45) is 5.41 Å². The molecule has 0 aliphatic carbocycles. The van der Waals surface area contributed by atoms with Crippen molar-refractivity contribution >= 4 is 16.8 Å². The Kier molecular flexibility index (Phi) is 5.02. The summed E-state index contributed by atoms with van der Waals surface area (Å²) >= 11 is 0. The topological polar surface area (TPSA) is 65.1 Å². The second kappa shape index (κ2) is 6.76. The van der Waals surface area contributed by atoms with Crippen molar-refractivity contribution in [3.8, 4) is 0 Å². The Bertz CT molecular complexity index is 591. The maximum atomic E-state index is 12.1. The first-order valence-corrected chi connectivity index (χ1v) is 7.56. The highest BCUT2D eigenvalue weighted by Gasteiger charge is 2.25. The fourth-order valence-electron chi connectivity index (χ4n) is 2.58. The molecule has 0 spiro atoms. The summed E-state index contributed by atoms with van der Waals surface area (Å²) in [6.07, 6.45) is 3.96. The first kappa shape index (κ1) is 15.6. The van der Waals surface area contributed by atoms with E-state index in [2.05, 4.69) is 10.3 Å². The number of hydrogen-bond acceptors (Lipinski definition) is 2. The fourth-order valence-corrected chi connectivity index (χ4v) is 2.58. The van der Waals surface area contributed by atoms with E-state index >= 15 is 0 Å². The molecule has 2 rings (SSSR count). The highest BCUT2D eigenvalue weighted by Crippen LogP contribution is 2.24. The maximum Gasteiger partial charge on any atom is 0.224 e. The van der Waals surface area contributed by atoms with Crippen LogP contribution in [0.5, 0.6) is 0 Å². The van der Waals surface area contributed by atoms with Gasteiger partial charge in [0.05, 0.1) is 13.0 Å².